The molecular weight excluding hydrogens is 302 g/mol. The van der Waals surface area contributed by atoms with E-state index in [9.17, 15) is 9.59 Å². The van der Waals surface area contributed by atoms with Gasteiger partial charge in [-0.1, -0.05) is 38.5 Å². The van der Waals surface area contributed by atoms with Crippen LogP contribution in [0.2, 0.25) is 0 Å². The van der Waals surface area contributed by atoms with Gasteiger partial charge in [0.15, 0.2) is 0 Å². The molecule has 0 spiro atoms. The van der Waals surface area contributed by atoms with Gasteiger partial charge in [0.1, 0.15) is 0 Å². The summed E-state index contributed by atoms with van der Waals surface area (Å²) in [6.45, 7) is 4.45. The first kappa shape index (κ1) is 18.3. The number of likely N-dealkylation sites (N-methyl/N-ethyl adjacent to an activating group) is 1. The van der Waals surface area contributed by atoms with Crippen LogP contribution in [0.25, 0.3) is 0 Å². The van der Waals surface area contributed by atoms with Crippen molar-refractivity contribution in [1.82, 2.24) is 10.2 Å². The van der Waals surface area contributed by atoms with Crippen molar-refractivity contribution in [3.05, 3.63) is 29.8 Å². The normalized spacial score (nSPS) is 23.4. The lowest BCUT2D eigenvalue weighted by molar-refractivity contribution is -0.119. The monoisotopic (exact) mass is 331 g/mol. The third kappa shape index (κ3) is 4.28. The Kier molecular flexibility index (Phi) is 6.23. The number of rotatable bonds is 4. The van der Waals surface area contributed by atoms with Crippen molar-refractivity contribution in [2.75, 3.05) is 19.4 Å². The highest BCUT2D eigenvalue weighted by molar-refractivity contribution is 5.91. The van der Waals surface area contributed by atoms with Gasteiger partial charge in [0.05, 0.1) is 6.42 Å². The van der Waals surface area contributed by atoms with E-state index >= 15 is 0 Å². The lowest BCUT2D eigenvalue weighted by atomic mass is 9.78. The van der Waals surface area contributed by atoms with Crippen LogP contribution in [0.4, 0.5) is 10.5 Å². The molecular formula is C19H29N3O2. The molecule has 2 atom stereocenters. The van der Waals surface area contributed by atoms with Crippen LogP contribution in [-0.2, 0) is 11.2 Å². The van der Waals surface area contributed by atoms with Gasteiger partial charge in [0.25, 0.3) is 0 Å². The number of anilines is 1. The first-order valence-corrected chi connectivity index (χ1v) is 8.76. The molecule has 0 bridgehead atoms. The van der Waals surface area contributed by atoms with Gasteiger partial charge >= 0.3 is 6.03 Å². The standard InChI is InChI=1S/C19H29N3O2/c1-13-8-7-9-14(2)18(13)22(4)19(24)21-16-11-6-5-10-15(16)12-17(23)20-3/h5-6,10-11,13-14,18H,7-9,12H2,1-4H3,(H,20,23)(H,21,24). The third-order valence-electron chi connectivity index (χ3n) is 5.14. The number of para-hydroxylation sites is 1. The minimum Gasteiger partial charge on any atom is -0.359 e. The molecule has 0 heterocycles. The molecule has 1 aromatic carbocycles. The second-order valence-electron chi connectivity index (χ2n) is 6.92. The predicted molar refractivity (Wildman–Crippen MR) is 97.0 cm³/mol. The Bertz CT molecular complexity index is 578. The van der Waals surface area contributed by atoms with E-state index in [2.05, 4.69) is 24.5 Å². The number of nitrogens with one attached hydrogen (secondary N) is 2. The van der Waals surface area contributed by atoms with E-state index < -0.39 is 0 Å². The van der Waals surface area contributed by atoms with Crippen LogP contribution in [0.1, 0.15) is 38.7 Å². The first-order valence-electron chi connectivity index (χ1n) is 8.76. The summed E-state index contributed by atoms with van der Waals surface area (Å²) >= 11 is 0. The number of amides is 3. The molecule has 2 N–H and O–H groups in total. The largest absolute Gasteiger partial charge is 0.359 e. The van der Waals surface area contributed by atoms with Gasteiger partial charge in [-0.3, -0.25) is 4.79 Å². The fourth-order valence-corrected chi connectivity index (χ4v) is 3.82. The average molecular weight is 331 g/mol. The van der Waals surface area contributed by atoms with Gasteiger partial charge in [0, 0.05) is 25.8 Å². The van der Waals surface area contributed by atoms with E-state index in [0.717, 1.165) is 5.56 Å². The molecule has 0 aliphatic heterocycles. The molecule has 0 saturated heterocycles. The molecule has 1 aromatic rings. The van der Waals surface area contributed by atoms with Crippen molar-refractivity contribution in [2.45, 2.75) is 45.6 Å². The van der Waals surface area contributed by atoms with E-state index in [1.807, 2.05) is 36.2 Å². The van der Waals surface area contributed by atoms with Crippen LogP contribution < -0.4 is 10.6 Å². The Hall–Kier alpha value is -2.04. The lowest BCUT2D eigenvalue weighted by Gasteiger charge is -2.40. The molecule has 2 rings (SSSR count). The zero-order chi connectivity index (χ0) is 17.7. The molecule has 1 aliphatic rings. The van der Waals surface area contributed by atoms with Crippen LogP contribution in [-0.4, -0.2) is 37.0 Å². The van der Waals surface area contributed by atoms with Gasteiger partial charge in [-0.15, -0.1) is 0 Å². The molecule has 1 fully saturated rings. The molecule has 1 aliphatic carbocycles. The van der Waals surface area contributed by atoms with Crippen molar-refractivity contribution < 1.29 is 9.59 Å². The number of hydrogen-bond acceptors (Lipinski definition) is 2. The highest BCUT2D eigenvalue weighted by atomic mass is 16.2. The molecule has 1 saturated carbocycles. The summed E-state index contributed by atoms with van der Waals surface area (Å²) in [5, 5.41) is 5.60. The molecule has 5 nitrogen and oxygen atoms in total. The summed E-state index contributed by atoms with van der Waals surface area (Å²) in [5.74, 6) is 0.941. The van der Waals surface area contributed by atoms with E-state index in [1.54, 1.807) is 7.05 Å². The number of carbonyl (C=O) groups excluding carboxylic acids is 2. The van der Waals surface area contributed by atoms with Crippen molar-refractivity contribution in [3.63, 3.8) is 0 Å². The van der Waals surface area contributed by atoms with E-state index in [0.29, 0.717) is 17.5 Å². The maximum Gasteiger partial charge on any atom is 0.321 e. The summed E-state index contributed by atoms with van der Waals surface area (Å²) in [7, 11) is 3.49. The summed E-state index contributed by atoms with van der Waals surface area (Å²) in [6, 6.07) is 7.61. The topological polar surface area (TPSA) is 61.4 Å². The van der Waals surface area contributed by atoms with Gasteiger partial charge < -0.3 is 15.5 Å². The smallest absolute Gasteiger partial charge is 0.321 e. The second-order valence-corrected chi connectivity index (χ2v) is 6.92. The van der Waals surface area contributed by atoms with Gasteiger partial charge in [0.2, 0.25) is 5.91 Å². The predicted octanol–water partition coefficient (Wildman–Crippen LogP) is 3.26. The average Bonchev–Trinajstić information content (AvgIpc) is 2.56. The van der Waals surface area contributed by atoms with Crippen LogP contribution in [0.15, 0.2) is 24.3 Å². The van der Waals surface area contributed by atoms with Crippen molar-refractivity contribution in [1.29, 1.82) is 0 Å². The van der Waals surface area contributed by atoms with Gasteiger partial charge in [-0.2, -0.15) is 0 Å². The molecule has 3 amide bonds. The Balaban J connectivity index is 2.10. The van der Waals surface area contributed by atoms with Crippen LogP contribution in [0.5, 0.6) is 0 Å². The number of nitrogens with zero attached hydrogens (tertiary/aromatic N) is 1. The van der Waals surface area contributed by atoms with Crippen molar-refractivity contribution in [3.8, 4) is 0 Å². The van der Waals surface area contributed by atoms with Crippen LogP contribution in [0.3, 0.4) is 0 Å². The van der Waals surface area contributed by atoms with E-state index in [1.165, 1.54) is 19.3 Å². The van der Waals surface area contributed by atoms with Gasteiger partial charge in [-0.25, -0.2) is 4.79 Å². The van der Waals surface area contributed by atoms with Crippen LogP contribution >= 0.6 is 0 Å². The molecule has 5 heteroatoms. The van der Waals surface area contributed by atoms with E-state index in [-0.39, 0.29) is 24.4 Å². The molecule has 132 valence electrons. The number of hydrogen-bond donors (Lipinski definition) is 2. The van der Waals surface area contributed by atoms with Gasteiger partial charge in [-0.05, 0) is 36.3 Å². The summed E-state index contributed by atoms with van der Waals surface area (Å²) in [4.78, 5) is 26.2. The van der Waals surface area contributed by atoms with Crippen molar-refractivity contribution >= 4 is 17.6 Å². The zero-order valence-electron chi connectivity index (χ0n) is 15.1. The number of benzene rings is 1. The maximum absolute atomic E-state index is 12.7. The quantitative estimate of drug-likeness (QED) is 0.889. The highest BCUT2D eigenvalue weighted by Crippen LogP contribution is 2.32. The Morgan fingerprint density at radius 2 is 1.79 bits per heavy atom. The Labute approximate surface area is 144 Å². The minimum absolute atomic E-state index is 0.0698. The molecule has 0 radical (unpaired) electrons. The Morgan fingerprint density at radius 1 is 1.17 bits per heavy atom. The zero-order valence-corrected chi connectivity index (χ0v) is 15.1. The molecule has 24 heavy (non-hydrogen) atoms. The second kappa shape index (κ2) is 8.18. The first-order chi connectivity index (χ1) is 11.4. The maximum atomic E-state index is 12.7. The highest BCUT2D eigenvalue weighted by Gasteiger charge is 2.33. The van der Waals surface area contributed by atoms with E-state index in [4.69, 9.17) is 0 Å². The fourth-order valence-electron chi connectivity index (χ4n) is 3.82. The Morgan fingerprint density at radius 3 is 2.42 bits per heavy atom. The summed E-state index contributed by atoms with van der Waals surface area (Å²) in [5.41, 5.74) is 1.53. The third-order valence-corrected chi connectivity index (χ3v) is 5.14. The lowest BCUT2D eigenvalue weighted by Crippen LogP contribution is -2.48. The fraction of sp³-hybridized carbons (Fsp3) is 0.579. The molecule has 0 aromatic heterocycles. The molecule has 2 unspecified atom stereocenters. The summed E-state index contributed by atoms with van der Waals surface area (Å²) in [6.07, 6.45) is 3.83. The minimum atomic E-state index is -0.107. The number of carbonyl (C=O) groups is 2. The number of urea groups is 1. The van der Waals surface area contributed by atoms with Crippen molar-refractivity contribution in [2.24, 2.45) is 11.8 Å². The SMILES string of the molecule is CNC(=O)Cc1ccccc1NC(=O)N(C)C1C(C)CCCC1C. The van der Waals surface area contributed by atoms with Crippen LogP contribution in [0, 0.1) is 11.8 Å². The summed E-state index contributed by atoms with van der Waals surface area (Å²) < 4.78 is 0.